The molecule has 27 heavy (non-hydrogen) atoms. The number of hydrogen-bond donors (Lipinski definition) is 2. The van der Waals surface area contributed by atoms with Gasteiger partial charge in [0.25, 0.3) is 0 Å². The number of carbonyl (C=O) groups is 1. The van der Waals surface area contributed by atoms with E-state index in [9.17, 15) is 9.90 Å². The van der Waals surface area contributed by atoms with Crippen LogP contribution < -0.4 is 5.32 Å². The Labute approximate surface area is 159 Å². The number of aliphatic hydroxyl groups is 1. The maximum Gasteiger partial charge on any atom is 0.244 e. The van der Waals surface area contributed by atoms with Crippen molar-refractivity contribution in [2.45, 2.75) is 44.4 Å². The van der Waals surface area contributed by atoms with Crippen LogP contribution in [0.5, 0.6) is 0 Å². The van der Waals surface area contributed by atoms with Crippen molar-refractivity contribution >= 4 is 22.9 Å². The molecule has 0 bridgehead atoms. The molecule has 1 fully saturated rings. The van der Waals surface area contributed by atoms with Crippen LogP contribution in [-0.4, -0.2) is 40.4 Å². The summed E-state index contributed by atoms with van der Waals surface area (Å²) < 4.78 is 7.48. The van der Waals surface area contributed by atoms with Crippen LogP contribution in [0.15, 0.2) is 36.5 Å². The average Bonchev–Trinajstić information content (AvgIpc) is 3.00. The predicted molar refractivity (Wildman–Crippen MR) is 104 cm³/mol. The van der Waals surface area contributed by atoms with Gasteiger partial charge in [0.15, 0.2) is 0 Å². The lowest BCUT2D eigenvalue weighted by molar-refractivity contribution is -0.139. The molecule has 6 heteroatoms. The lowest BCUT2D eigenvalue weighted by atomic mass is 9.77. The Bertz CT molecular complexity index is 872. The molecule has 1 aliphatic carbocycles. The Morgan fingerprint density at radius 2 is 2.26 bits per heavy atom. The summed E-state index contributed by atoms with van der Waals surface area (Å²) in [7, 11) is 0. The zero-order chi connectivity index (χ0) is 19.3. The van der Waals surface area contributed by atoms with Gasteiger partial charge in [-0.2, -0.15) is 5.26 Å². The first-order chi connectivity index (χ1) is 13.0. The van der Waals surface area contributed by atoms with Gasteiger partial charge in [-0.1, -0.05) is 18.2 Å². The Morgan fingerprint density at radius 1 is 1.48 bits per heavy atom. The Balaban J connectivity index is 1.61. The van der Waals surface area contributed by atoms with Crippen molar-refractivity contribution in [1.29, 1.82) is 5.26 Å². The molecule has 0 radical (unpaired) electrons. The van der Waals surface area contributed by atoms with Crippen molar-refractivity contribution in [1.82, 2.24) is 9.88 Å². The third kappa shape index (κ3) is 4.57. The van der Waals surface area contributed by atoms with Crippen LogP contribution in [0.1, 0.15) is 31.7 Å². The standard InChI is InChI=1S/C21H25N3O3/c1-2-27-17-12-21(26,13-17)15-23-20(25)9-8-16-14-24(11-5-10-22)19-7-4-3-6-18(16)19/h3-4,6-9,14,17,26H,2,5,11-13,15H2,1H3,(H,23,25)/b9-8+. The molecule has 0 unspecified atom stereocenters. The van der Waals surface area contributed by atoms with Gasteiger partial charge >= 0.3 is 0 Å². The first-order valence-electron chi connectivity index (χ1n) is 9.29. The number of fused-ring (bicyclic) bond motifs is 1. The van der Waals surface area contributed by atoms with Crippen molar-refractivity contribution in [2.75, 3.05) is 13.2 Å². The number of para-hydroxylation sites is 1. The van der Waals surface area contributed by atoms with Crippen LogP contribution in [0.4, 0.5) is 0 Å². The van der Waals surface area contributed by atoms with E-state index in [0.29, 0.717) is 32.4 Å². The van der Waals surface area contributed by atoms with E-state index >= 15 is 0 Å². The molecule has 2 N–H and O–H groups in total. The summed E-state index contributed by atoms with van der Waals surface area (Å²) in [4.78, 5) is 12.1. The predicted octanol–water partition coefficient (Wildman–Crippen LogP) is 2.61. The number of nitriles is 1. The molecule has 2 aromatic rings. The number of aryl methyl sites for hydroxylation is 1. The summed E-state index contributed by atoms with van der Waals surface area (Å²) in [5.41, 5.74) is 1.10. The van der Waals surface area contributed by atoms with Crippen LogP contribution in [0.25, 0.3) is 17.0 Å². The number of hydrogen-bond acceptors (Lipinski definition) is 4. The molecule has 3 rings (SSSR count). The van der Waals surface area contributed by atoms with E-state index in [1.807, 2.05) is 42.0 Å². The van der Waals surface area contributed by atoms with Crippen molar-refractivity contribution in [3.8, 4) is 6.07 Å². The first-order valence-corrected chi connectivity index (χ1v) is 9.29. The number of nitrogens with zero attached hydrogens (tertiary/aromatic N) is 2. The highest BCUT2D eigenvalue weighted by Gasteiger charge is 2.43. The second-order valence-electron chi connectivity index (χ2n) is 6.96. The second-order valence-corrected chi connectivity index (χ2v) is 6.96. The van der Waals surface area contributed by atoms with Crippen molar-refractivity contribution in [2.24, 2.45) is 0 Å². The minimum absolute atomic E-state index is 0.0898. The zero-order valence-electron chi connectivity index (χ0n) is 15.5. The van der Waals surface area contributed by atoms with Crippen LogP contribution in [0.3, 0.4) is 0 Å². The summed E-state index contributed by atoms with van der Waals surface area (Å²) >= 11 is 0. The quantitative estimate of drug-likeness (QED) is 0.702. The van der Waals surface area contributed by atoms with E-state index in [0.717, 1.165) is 16.5 Å². The Morgan fingerprint density at radius 3 is 3.00 bits per heavy atom. The number of nitrogens with one attached hydrogen (secondary N) is 1. The van der Waals surface area contributed by atoms with Gasteiger partial charge in [-0.15, -0.1) is 0 Å². The molecule has 1 aromatic heterocycles. The number of rotatable bonds is 8. The summed E-state index contributed by atoms with van der Waals surface area (Å²) in [5.74, 6) is -0.239. The van der Waals surface area contributed by atoms with E-state index in [4.69, 9.17) is 10.00 Å². The largest absolute Gasteiger partial charge is 0.388 e. The molecule has 0 saturated heterocycles. The van der Waals surface area contributed by atoms with E-state index in [1.54, 1.807) is 6.08 Å². The van der Waals surface area contributed by atoms with Crippen molar-refractivity contribution < 1.29 is 14.6 Å². The van der Waals surface area contributed by atoms with Gasteiger partial charge in [0.1, 0.15) is 0 Å². The SMILES string of the molecule is CCOC1CC(O)(CNC(=O)/C=C/c2cn(CCC#N)c3ccccc23)C1. The van der Waals surface area contributed by atoms with Gasteiger partial charge in [0.05, 0.1) is 24.2 Å². The fraction of sp³-hybridized carbons (Fsp3) is 0.429. The lowest BCUT2D eigenvalue weighted by Gasteiger charge is -2.43. The number of benzene rings is 1. The highest BCUT2D eigenvalue weighted by Crippen LogP contribution is 2.33. The molecule has 142 valence electrons. The molecule has 1 aromatic carbocycles. The van der Waals surface area contributed by atoms with Gasteiger partial charge in [-0.25, -0.2) is 0 Å². The van der Waals surface area contributed by atoms with E-state index in [1.165, 1.54) is 6.08 Å². The topological polar surface area (TPSA) is 87.3 Å². The fourth-order valence-electron chi connectivity index (χ4n) is 3.53. The van der Waals surface area contributed by atoms with Crippen LogP contribution in [-0.2, 0) is 16.1 Å². The lowest BCUT2D eigenvalue weighted by Crippen LogP contribution is -2.55. The summed E-state index contributed by atoms with van der Waals surface area (Å²) in [5, 5.41) is 22.9. The van der Waals surface area contributed by atoms with Crippen molar-refractivity contribution in [3.63, 3.8) is 0 Å². The first kappa shape index (κ1) is 19.2. The molecule has 0 atom stereocenters. The zero-order valence-corrected chi connectivity index (χ0v) is 15.5. The van der Waals surface area contributed by atoms with Crippen molar-refractivity contribution in [3.05, 3.63) is 42.1 Å². The minimum atomic E-state index is -0.864. The normalized spacial score (nSPS) is 21.9. The molecule has 1 aliphatic rings. The minimum Gasteiger partial charge on any atom is -0.388 e. The Kier molecular flexibility index (Phi) is 5.94. The van der Waals surface area contributed by atoms with Gasteiger partial charge in [0, 0.05) is 61.3 Å². The molecule has 6 nitrogen and oxygen atoms in total. The van der Waals surface area contributed by atoms with E-state index < -0.39 is 5.60 Å². The Hall–Kier alpha value is -2.62. The van der Waals surface area contributed by atoms with Crippen LogP contribution >= 0.6 is 0 Å². The van der Waals surface area contributed by atoms with Gasteiger partial charge in [-0.05, 0) is 19.1 Å². The highest BCUT2D eigenvalue weighted by atomic mass is 16.5. The van der Waals surface area contributed by atoms with E-state index in [-0.39, 0.29) is 18.6 Å². The van der Waals surface area contributed by atoms with Gasteiger partial charge in [0.2, 0.25) is 5.91 Å². The molecule has 0 aliphatic heterocycles. The number of amides is 1. The van der Waals surface area contributed by atoms with Gasteiger partial charge in [-0.3, -0.25) is 4.79 Å². The average molecular weight is 367 g/mol. The number of aromatic nitrogens is 1. The smallest absolute Gasteiger partial charge is 0.244 e. The van der Waals surface area contributed by atoms with Gasteiger partial charge < -0.3 is 19.7 Å². The molecule has 1 saturated carbocycles. The van der Waals surface area contributed by atoms with Crippen LogP contribution in [0.2, 0.25) is 0 Å². The van der Waals surface area contributed by atoms with E-state index in [2.05, 4.69) is 11.4 Å². The summed E-state index contributed by atoms with van der Waals surface area (Å²) in [6.07, 6.45) is 6.84. The molecule has 1 amide bonds. The maximum absolute atomic E-state index is 12.1. The molecule has 0 spiro atoms. The number of ether oxygens (including phenoxy) is 1. The monoisotopic (exact) mass is 367 g/mol. The second kappa shape index (κ2) is 8.38. The third-order valence-electron chi connectivity index (χ3n) is 4.91. The maximum atomic E-state index is 12.1. The molecular weight excluding hydrogens is 342 g/mol. The third-order valence-corrected chi connectivity index (χ3v) is 4.91. The molecular formula is C21H25N3O3. The molecule has 1 heterocycles. The highest BCUT2D eigenvalue weighted by molar-refractivity contribution is 5.96. The van der Waals surface area contributed by atoms with Crippen LogP contribution in [0, 0.1) is 11.3 Å². The fourth-order valence-corrected chi connectivity index (χ4v) is 3.53. The number of carbonyl (C=O) groups excluding carboxylic acids is 1. The summed E-state index contributed by atoms with van der Waals surface area (Å²) in [6, 6.07) is 10.1. The summed E-state index contributed by atoms with van der Waals surface area (Å²) in [6.45, 7) is 3.41.